The number of carbonyl (C=O) groups excluding carboxylic acids is 1. The largest absolute Gasteiger partial charge is 0.453 e. The standard InChI is InChI=1S/C17H13Cl3FN5O4S/c18-8-3-9(22)5-10(4-8)30-14-11(19)2-1-7(12(14)21)6-24-16(27)13-15(20)26-17(25-13)31(23,28)29/h1-5H,6,22H2,(H,24,27)(H,25,26)(H2,23,28,29). The number of nitrogens with zero attached hydrogens (tertiary/aromatic N) is 1. The van der Waals surface area contributed by atoms with E-state index in [2.05, 4.69) is 15.3 Å². The maximum Gasteiger partial charge on any atom is 0.273 e. The first-order valence-electron chi connectivity index (χ1n) is 8.23. The minimum Gasteiger partial charge on any atom is -0.453 e. The molecular weight excluding hydrogens is 496 g/mol. The lowest BCUT2D eigenvalue weighted by Gasteiger charge is -2.13. The van der Waals surface area contributed by atoms with Gasteiger partial charge in [0.05, 0.1) is 5.02 Å². The maximum atomic E-state index is 14.9. The Morgan fingerprint density at radius 2 is 1.94 bits per heavy atom. The number of ether oxygens (including phenoxy) is 1. The van der Waals surface area contributed by atoms with Crippen LogP contribution in [0.15, 0.2) is 35.5 Å². The number of sulfonamides is 1. The van der Waals surface area contributed by atoms with Crippen LogP contribution in [0.1, 0.15) is 16.1 Å². The van der Waals surface area contributed by atoms with E-state index in [1.807, 2.05) is 0 Å². The molecule has 0 saturated heterocycles. The number of carbonyl (C=O) groups is 1. The van der Waals surface area contributed by atoms with Gasteiger partial charge in [0.15, 0.2) is 17.3 Å². The number of benzene rings is 2. The summed E-state index contributed by atoms with van der Waals surface area (Å²) >= 11 is 17.7. The van der Waals surface area contributed by atoms with Gasteiger partial charge in [0.2, 0.25) is 5.16 Å². The van der Waals surface area contributed by atoms with E-state index in [4.69, 9.17) is 50.4 Å². The molecule has 0 aliphatic heterocycles. The molecule has 164 valence electrons. The van der Waals surface area contributed by atoms with E-state index in [9.17, 15) is 17.6 Å². The second-order valence-corrected chi connectivity index (χ2v) is 8.80. The van der Waals surface area contributed by atoms with Crippen LogP contribution in [0.25, 0.3) is 0 Å². The molecule has 9 nitrogen and oxygen atoms in total. The number of aromatic amines is 1. The van der Waals surface area contributed by atoms with Gasteiger partial charge in [0.1, 0.15) is 10.9 Å². The summed E-state index contributed by atoms with van der Waals surface area (Å²) in [4.78, 5) is 18.0. The monoisotopic (exact) mass is 507 g/mol. The van der Waals surface area contributed by atoms with E-state index in [1.165, 1.54) is 30.3 Å². The molecule has 1 amide bonds. The number of aromatic nitrogens is 2. The molecule has 1 aromatic heterocycles. The lowest BCUT2D eigenvalue weighted by atomic mass is 10.2. The highest BCUT2D eigenvalue weighted by atomic mass is 35.5. The molecule has 3 rings (SSSR count). The lowest BCUT2D eigenvalue weighted by Crippen LogP contribution is -2.24. The Morgan fingerprint density at radius 3 is 2.55 bits per heavy atom. The Labute approximate surface area is 190 Å². The summed E-state index contributed by atoms with van der Waals surface area (Å²) in [5.74, 6) is -1.85. The van der Waals surface area contributed by atoms with E-state index < -0.39 is 32.6 Å². The van der Waals surface area contributed by atoms with Crippen LogP contribution in [0.5, 0.6) is 11.5 Å². The summed E-state index contributed by atoms with van der Waals surface area (Å²) in [5.41, 5.74) is 5.59. The number of nitrogen functional groups attached to an aromatic ring is 1. The number of primary sulfonamides is 1. The molecule has 1 heterocycles. The van der Waals surface area contributed by atoms with Crippen molar-refractivity contribution in [3.8, 4) is 11.5 Å². The van der Waals surface area contributed by atoms with Gasteiger partial charge in [0, 0.05) is 28.9 Å². The number of halogens is 4. The van der Waals surface area contributed by atoms with E-state index in [-0.39, 0.29) is 38.8 Å². The predicted molar refractivity (Wildman–Crippen MR) is 113 cm³/mol. The third-order valence-electron chi connectivity index (χ3n) is 3.80. The van der Waals surface area contributed by atoms with Crippen molar-refractivity contribution in [2.24, 2.45) is 5.14 Å². The van der Waals surface area contributed by atoms with E-state index in [0.29, 0.717) is 5.69 Å². The molecule has 0 saturated carbocycles. The van der Waals surface area contributed by atoms with Gasteiger partial charge in [-0.15, -0.1) is 0 Å². The normalized spacial score (nSPS) is 11.4. The van der Waals surface area contributed by atoms with Crippen molar-refractivity contribution in [3.63, 3.8) is 0 Å². The summed E-state index contributed by atoms with van der Waals surface area (Å²) in [5, 5.41) is 6.53. The summed E-state index contributed by atoms with van der Waals surface area (Å²) in [7, 11) is -4.20. The van der Waals surface area contributed by atoms with Crippen LogP contribution in [0, 0.1) is 5.82 Å². The molecular formula is C17H13Cl3FN5O4S. The van der Waals surface area contributed by atoms with Crippen molar-refractivity contribution in [3.05, 3.63) is 62.6 Å². The number of nitrogens with two attached hydrogens (primary N) is 2. The van der Waals surface area contributed by atoms with Crippen LogP contribution >= 0.6 is 34.8 Å². The number of amides is 1. The van der Waals surface area contributed by atoms with Crippen LogP contribution < -0.4 is 20.9 Å². The molecule has 0 spiro atoms. The van der Waals surface area contributed by atoms with Gasteiger partial charge in [-0.1, -0.05) is 40.9 Å². The number of hydrogen-bond acceptors (Lipinski definition) is 6. The molecule has 0 radical (unpaired) electrons. The van der Waals surface area contributed by atoms with E-state index in [1.54, 1.807) is 0 Å². The zero-order valence-electron chi connectivity index (χ0n) is 15.2. The van der Waals surface area contributed by atoms with Gasteiger partial charge >= 0.3 is 0 Å². The Morgan fingerprint density at radius 1 is 1.23 bits per heavy atom. The smallest absolute Gasteiger partial charge is 0.273 e. The van der Waals surface area contributed by atoms with Crippen LogP contribution in [-0.2, 0) is 16.6 Å². The highest BCUT2D eigenvalue weighted by molar-refractivity contribution is 7.89. The fraction of sp³-hybridized carbons (Fsp3) is 0.0588. The molecule has 3 aromatic rings. The summed E-state index contributed by atoms with van der Waals surface area (Å²) in [6, 6.07) is 7.04. The maximum absolute atomic E-state index is 14.9. The van der Waals surface area contributed by atoms with Crippen LogP contribution in [0.3, 0.4) is 0 Å². The van der Waals surface area contributed by atoms with Crippen LogP contribution in [0.4, 0.5) is 10.1 Å². The van der Waals surface area contributed by atoms with Crippen molar-refractivity contribution < 1.29 is 22.3 Å². The Kier molecular flexibility index (Phi) is 6.62. The van der Waals surface area contributed by atoms with Crippen molar-refractivity contribution in [1.29, 1.82) is 0 Å². The van der Waals surface area contributed by atoms with Crippen LogP contribution in [-0.4, -0.2) is 24.3 Å². The van der Waals surface area contributed by atoms with Gasteiger partial charge in [0.25, 0.3) is 15.9 Å². The topological polar surface area (TPSA) is 153 Å². The highest BCUT2D eigenvalue weighted by Gasteiger charge is 2.22. The molecule has 2 aromatic carbocycles. The number of imidazole rings is 1. The SMILES string of the molecule is Nc1cc(Cl)cc(Oc2c(Cl)ccc(CNC(=O)c3nc(S(N)(=O)=O)[nH]c3Cl)c2F)c1. The number of H-pyrrole nitrogens is 1. The molecule has 31 heavy (non-hydrogen) atoms. The first-order valence-corrected chi connectivity index (χ1v) is 10.9. The van der Waals surface area contributed by atoms with Gasteiger partial charge in [-0.25, -0.2) is 22.9 Å². The average Bonchev–Trinajstić information content (AvgIpc) is 3.06. The molecule has 0 atom stereocenters. The Balaban J connectivity index is 1.81. The quantitative estimate of drug-likeness (QED) is 0.374. The molecule has 0 bridgehead atoms. The molecule has 6 N–H and O–H groups in total. The minimum atomic E-state index is -4.20. The van der Waals surface area contributed by atoms with Gasteiger partial charge < -0.3 is 20.8 Å². The molecule has 0 fully saturated rings. The molecule has 0 aliphatic rings. The van der Waals surface area contributed by atoms with Crippen molar-refractivity contribution in [2.75, 3.05) is 5.73 Å². The fourth-order valence-corrected chi connectivity index (χ4v) is 3.60. The first kappa shape index (κ1) is 23.1. The van der Waals surface area contributed by atoms with Gasteiger partial charge in [-0.3, -0.25) is 4.79 Å². The third-order valence-corrected chi connectivity index (χ3v) is 5.33. The zero-order chi connectivity index (χ0) is 22.9. The summed E-state index contributed by atoms with van der Waals surface area (Å²) in [6.07, 6.45) is 0. The summed E-state index contributed by atoms with van der Waals surface area (Å²) in [6.45, 7) is -0.316. The number of hydrogen-bond donors (Lipinski definition) is 4. The van der Waals surface area contributed by atoms with Crippen molar-refractivity contribution >= 4 is 56.4 Å². The fourth-order valence-electron chi connectivity index (χ4n) is 2.44. The highest BCUT2D eigenvalue weighted by Crippen LogP contribution is 2.35. The van der Waals surface area contributed by atoms with Gasteiger partial charge in [-0.2, -0.15) is 0 Å². The second kappa shape index (κ2) is 8.89. The van der Waals surface area contributed by atoms with Crippen molar-refractivity contribution in [1.82, 2.24) is 15.3 Å². The van der Waals surface area contributed by atoms with E-state index in [0.717, 1.165) is 0 Å². The Bertz CT molecular complexity index is 1260. The lowest BCUT2D eigenvalue weighted by molar-refractivity contribution is 0.0946. The molecule has 0 aliphatic carbocycles. The predicted octanol–water partition coefficient (Wildman–Crippen LogP) is 3.46. The zero-order valence-corrected chi connectivity index (χ0v) is 18.3. The minimum absolute atomic E-state index is 0.0149. The van der Waals surface area contributed by atoms with Crippen molar-refractivity contribution in [2.45, 2.75) is 11.7 Å². The number of rotatable bonds is 6. The number of nitrogens with one attached hydrogen (secondary N) is 2. The number of anilines is 1. The molecule has 14 heteroatoms. The third kappa shape index (κ3) is 5.38. The average molecular weight is 509 g/mol. The first-order chi connectivity index (χ1) is 14.5. The Hall–Kier alpha value is -2.57. The second-order valence-electron chi connectivity index (χ2n) is 6.10. The van der Waals surface area contributed by atoms with Gasteiger partial charge in [-0.05, 0) is 18.2 Å². The van der Waals surface area contributed by atoms with Crippen LogP contribution in [0.2, 0.25) is 15.2 Å². The molecule has 0 unspecified atom stereocenters. The van der Waals surface area contributed by atoms with E-state index >= 15 is 0 Å². The summed E-state index contributed by atoms with van der Waals surface area (Å²) < 4.78 is 43.1.